The standard InChI is InChI=1S/C40H36N10S2/c41-31(33-20-6-8-25-48-33)18-4-2-16-30-17-10-22-35(49-30)39(45)51-37(43)27-12-9-13-28(26-27)38(44)52-40(46)36-23-11-21-34(50-36)32(42)19-3-1-14-29-15-5-7-24-47-29/h1-13,15,17-26,43-46H,14,16,41-42H2/b3-1-,4-2-,31-18-,32-19-,43-37?,44-38?,45-39?,46-40?. The van der Waals surface area contributed by atoms with E-state index < -0.39 is 0 Å². The zero-order chi connectivity index (χ0) is 36.7. The highest BCUT2D eigenvalue weighted by Gasteiger charge is 2.15. The van der Waals surface area contributed by atoms with Crippen LogP contribution in [0.25, 0.3) is 11.4 Å². The Morgan fingerprint density at radius 1 is 0.519 bits per heavy atom. The number of allylic oxidation sites excluding steroid dienone is 6. The third kappa shape index (κ3) is 10.9. The topological polar surface area (TPSA) is 199 Å². The molecule has 0 aliphatic heterocycles. The van der Waals surface area contributed by atoms with E-state index in [-0.39, 0.29) is 20.2 Å². The number of nitrogens with one attached hydrogen (secondary N) is 4. The van der Waals surface area contributed by atoms with E-state index in [4.69, 9.17) is 33.1 Å². The van der Waals surface area contributed by atoms with E-state index in [2.05, 4.69) is 19.9 Å². The fourth-order valence-electron chi connectivity index (χ4n) is 4.61. The minimum atomic E-state index is 0.0930. The van der Waals surface area contributed by atoms with Crippen LogP contribution in [0.3, 0.4) is 0 Å². The highest BCUT2D eigenvalue weighted by Crippen LogP contribution is 2.22. The summed E-state index contributed by atoms with van der Waals surface area (Å²) in [4.78, 5) is 17.7. The van der Waals surface area contributed by atoms with Gasteiger partial charge in [-0.25, -0.2) is 4.98 Å². The van der Waals surface area contributed by atoms with Crippen LogP contribution in [0.4, 0.5) is 0 Å². The molecule has 0 saturated carbocycles. The van der Waals surface area contributed by atoms with Gasteiger partial charge in [-0.1, -0.05) is 66.8 Å². The Morgan fingerprint density at radius 3 is 1.63 bits per heavy atom. The molecule has 10 nitrogen and oxygen atoms in total. The number of benzene rings is 1. The quantitative estimate of drug-likeness (QED) is 0.0429. The second-order valence-electron chi connectivity index (χ2n) is 11.1. The highest BCUT2D eigenvalue weighted by atomic mass is 32.2. The van der Waals surface area contributed by atoms with Crippen molar-refractivity contribution in [3.05, 3.63) is 191 Å². The first-order valence-electron chi connectivity index (χ1n) is 16.1. The third-order valence-corrected chi connectivity index (χ3v) is 8.98. The fourth-order valence-corrected chi connectivity index (χ4v) is 5.95. The van der Waals surface area contributed by atoms with Crippen LogP contribution in [0.15, 0.2) is 146 Å². The monoisotopic (exact) mass is 720 g/mol. The zero-order valence-corrected chi connectivity index (χ0v) is 29.7. The second-order valence-corrected chi connectivity index (χ2v) is 13.1. The van der Waals surface area contributed by atoms with Crippen molar-refractivity contribution in [3.8, 4) is 0 Å². The lowest BCUT2D eigenvalue weighted by Gasteiger charge is -2.10. The zero-order valence-electron chi connectivity index (χ0n) is 28.0. The van der Waals surface area contributed by atoms with Crippen LogP contribution in [-0.4, -0.2) is 40.1 Å². The third-order valence-electron chi connectivity index (χ3n) is 7.28. The molecule has 0 bridgehead atoms. The van der Waals surface area contributed by atoms with Gasteiger partial charge in [0.25, 0.3) is 0 Å². The Morgan fingerprint density at radius 2 is 1.02 bits per heavy atom. The van der Waals surface area contributed by atoms with Crippen molar-refractivity contribution < 1.29 is 0 Å². The number of nitrogens with two attached hydrogens (primary N) is 2. The SMILES string of the molecule is N=C(SC(=N)c1cccc(C/C=C\C=C(/N)c2ccccn2)n1)c1cccc(C(=N)SC(=N)c2cccc(/C(N)=C/C=C\Cc3ccccn3)n2)c1. The molecule has 0 saturated heterocycles. The first-order chi connectivity index (χ1) is 25.3. The number of hydrogen-bond donors (Lipinski definition) is 6. The lowest BCUT2D eigenvalue weighted by atomic mass is 10.1. The molecule has 0 radical (unpaired) electrons. The van der Waals surface area contributed by atoms with Crippen LogP contribution in [0.2, 0.25) is 0 Å². The molecular formula is C40H36N10S2. The number of aromatic nitrogens is 4. The van der Waals surface area contributed by atoms with Crippen molar-refractivity contribution >= 4 is 55.1 Å². The Bertz CT molecular complexity index is 2190. The second kappa shape index (κ2) is 18.7. The molecule has 0 fully saturated rings. The van der Waals surface area contributed by atoms with Crippen molar-refractivity contribution in [2.75, 3.05) is 0 Å². The average Bonchev–Trinajstić information content (AvgIpc) is 3.18. The lowest BCUT2D eigenvalue weighted by molar-refractivity contribution is 1.10. The van der Waals surface area contributed by atoms with E-state index in [9.17, 15) is 0 Å². The van der Waals surface area contributed by atoms with Crippen LogP contribution >= 0.6 is 23.5 Å². The van der Waals surface area contributed by atoms with Crippen molar-refractivity contribution in [3.63, 3.8) is 0 Å². The van der Waals surface area contributed by atoms with E-state index in [0.29, 0.717) is 58.1 Å². The van der Waals surface area contributed by atoms with Gasteiger partial charge in [0.2, 0.25) is 0 Å². The maximum atomic E-state index is 8.70. The summed E-state index contributed by atoms with van der Waals surface area (Å²) in [5.74, 6) is 0. The Hall–Kier alpha value is -6.24. The summed E-state index contributed by atoms with van der Waals surface area (Å²) < 4.78 is 0. The largest absolute Gasteiger partial charge is 0.397 e. The molecule has 0 unspecified atom stereocenters. The summed E-state index contributed by atoms with van der Waals surface area (Å²) in [5.41, 5.74) is 18.3. The predicted molar refractivity (Wildman–Crippen MR) is 216 cm³/mol. The highest BCUT2D eigenvalue weighted by molar-refractivity contribution is 8.27. The van der Waals surface area contributed by atoms with Gasteiger partial charge in [-0.05, 0) is 90.3 Å². The first-order valence-corrected chi connectivity index (χ1v) is 17.7. The molecule has 0 atom stereocenters. The number of rotatable bonds is 12. The molecule has 8 N–H and O–H groups in total. The summed E-state index contributed by atoms with van der Waals surface area (Å²) >= 11 is 1.94. The summed E-state index contributed by atoms with van der Waals surface area (Å²) in [5, 5.41) is 35.2. The van der Waals surface area contributed by atoms with Crippen LogP contribution in [0, 0.1) is 21.6 Å². The van der Waals surface area contributed by atoms with Gasteiger partial charge in [0.1, 0.15) is 20.2 Å². The van der Waals surface area contributed by atoms with Crippen LogP contribution in [0.1, 0.15) is 45.3 Å². The number of pyridine rings is 4. The van der Waals surface area contributed by atoms with E-state index in [1.165, 1.54) is 0 Å². The maximum Gasteiger partial charge on any atom is 0.119 e. The number of hydrogen-bond acceptors (Lipinski definition) is 12. The predicted octanol–water partition coefficient (Wildman–Crippen LogP) is 7.63. The molecule has 12 heteroatoms. The number of thioether (sulfide) groups is 2. The first kappa shape index (κ1) is 37.0. The van der Waals surface area contributed by atoms with Gasteiger partial charge in [-0.2, -0.15) is 0 Å². The van der Waals surface area contributed by atoms with Gasteiger partial charge in [-0.15, -0.1) is 0 Å². The van der Waals surface area contributed by atoms with Gasteiger partial charge in [0, 0.05) is 47.8 Å². The Kier molecular flexibility index (Phi) is 13.3. The van der Waals surface area contributed by atoms with E-state index >= 15 is 0 Å². The van der Waals surface area contributed by atoms with E-state index in [1.807, 2.05) is 72.8 Å². The molecule has 4 aromatic heterocycles. The summed E-state index contributed by atoms with van der Waals surface area (Å²) in [6, 6.07) is 29.1. The normalized spacial score (nSPS) is 11.9. The average molecular weight is 721 g/mol. The van der Waals surface area contributed by atoms with Crippen LogP contribution in [-0.2, 0) is 12.8 Å². The van der Waals surface area contributed by atoms with Gasteiger partial charge >= 0.3 is 0 Å². The maximum absolute atomic E-state index is 8.70. The van der Waals surface area contributed by atoms with Crippen LogP contribution in [0.5, 0.6) is 0 Å². The minimum absolute atomic E-state index is 0.0930. The smallest absolute Gasteiger partial charge is 0.119 e. The van der Waals surface area contributed by atoms with Gasteiger partial charge < -0.3 is 11.5 Å². The molecule has 5 aromatic rings. The molecule has 52 heavy (non-hydrogen) atoms. The molecule has 0 aliphatic carbocycles. The van der Waals surface area contributed by atoms with Crippen molar-refractivity contribution in [1.29, 1.82) is 21.6 Å². The molecule has 0 aliphatic rings. The van der Waals surface area contributed by atoms with Gasteiger partial charge in [-0.3, -0.25) is 36.6 Å². The van der Waals surface area contributed by atoms with Crippen molar-refractivity contribution in [2.24, 2.45) is 11.5 Å². The fraction of sp³-hybridized carbons (Fsp3) is 0.0500. The molecule has 4 heterocycles. The summed E-state index contributed by atoms with van der Waals surface area (Å²) in [7, 11) is 0. The number of nitrogens with zero attached hydrogens (tertiary/aromatic N) is 4. The van der Waals surface area contributed by atoms with Crippen molar-refractivity contribution in [2.45, 2.75) is 12.8 Å². The Balaban J connectivity index is 1.15. The molecule has 5 rings (SSSR count). The van der Waals surface area contributed by atoms with E-state index in [1.54, 1.807) is 73.1 Å². The Labute approximate surface area is 311 Å². The van der Waals surface area contributed by atoms with Gasteiger partial charge in [0.05, 0.1) is 34.2 Å². The van der Waals surface area contributed by atoms with E-state index in [0.717, 1.165) is 34.9 Å². The molecular weight excluding hydrogens is 685 g/mol. The summed E-state index contributed by atoms with van der Waals surface area (Å²) in [6.07, 6.45) is 15.8. The summed E-state index contributed by atoms with van der Waals surface area (Å²) in [6.45, 7) is 0. The lowest BCUT2D eigenvalue weighted by Crippen LogP contribution is -2.08. The van der Waals surface area contributed by atoms with Crippen LogP contribution < -0.4 is 11.5 Å². The molecule has 0 amide bonds. The molecule has 258 valence electrons. The minimum Gasteiger partial charge on any atom is -0.397 e. The van der Waals surface area contributed by atoms with Gasteiger partial charge in [0.15, 0.2) is 0 Å². The molecule has 1 aromatic carbocycles. The van der Waals surface area contributed by atoms with Crippen molar-refractivity contribution in [1.82, 2.24) is 19.9 Å². The molecule has 0 spiro atoms.